The van der Waals surface area contributed by atoms with Crippen molar-refractivity contribution in [3.05, 3.63) is 23.5 Å². The van der Waals surface area contributed by atoms with Crippen LogP contribution < -0.4 is 21.9 Å². The molecule has 0 unspecified atom stereocenters. The van der Waals surface area contributed by atoms with Crippen LogP contribution in [0.25, 0.3) is 5.70 Å². The quantitative estimate of drug-likeness (QED) is 0.356. The summed E-state index contributed by atoms with van der Waals surface area (Å²) >= 11 is 0. The van der Waals surface area contributed by atoms with Gasteiger partial charge in [-0.3, -0.25) is 10.6 Å². The van der Waals surface area contributed by atoms with E-state index in [0.717, 1.165) is 55.0 Å². The number of likely N-dealkylation sites (tertiary alicyclic amines) is 1. The van der Waals surface area contributed by atoms with Crippen LogP contribution in [-0.4, -0.2) is 54.0 Å². The Hall–Kier alpha value is -2.53. The molecule has 1 aromatic heterocycles. The van der Waals surface area contributed by atoms with Crippen molar-refractivity contribution in [1.82, 2.24) is 25.9 Å². The molecule has 1 atom stereocenters. The number of amides is 1. The van der Waals surface area contributed by atoms with Crippen LogP contribution in [0.5, 0.6) is 0 Å². The number of carbonyl (C=O) groups is 1. The summed E-state index contributed by atoms with van der Waals surface area (Å²) in [6.07, 6.45) is 3.23. The number of nitrogens with two attached hydrogens (primary N) is 1. The Balaban J connectivity index is 1.29. The molecule has 0 radical (unpaired) electrons. The molecular formula is C20H28F3N7O. The second kappa shape index (κ2) is 8.91. The van der Waals surface area contributed by atoms with Crippen LogP contribution in [0.3, 0.4) is 0 Å². The molecule has 11 heteroatoms. The molecule has 2 fully saturated rings. The number of nitrogens with zero attached hydrogens (tertiary/aromatic N) is 2. The van der Waals surface area contributed by atoms with E-state index < -0.39 is 18.1 Å². The first kappa shape index (κ1) is 21.7. The van der Waals surface area contributed by atoms with Crippen molar-refractivity contribution < 1.29 is 18.0 Å². The molecule has 3 aliphatic rings. The van der Waals surface area contributed by atoms with Crippen LogP contribution in [0.4, 0.5) is 19.0 Å². The number of aromatic nitrogens is 1. The van der Waals surface area contributed by atoms with Crippen molar-refractivity contribution in [3.63, 3.8) is 0 Å². The molecule has 0 spiro atoms. The van der Waals surface area contributed by atoms with Crippen molar-refractivity contribution in [2.75, 3.05) is 19.6 Å². The molecular weight excluding hydrogens is 411 g/mol. The molecule has 3 heterocycles. The maximum atomic E-state index is 12.4. The molecule has 1 saturated carbocycles. The van der Waals surface area contributed by atoms with Gasteiger partial charge in [-0.1, -0.05) is 0 Å². The van der Waals surface area contributed by atoms with Gasteiger partial charge in [0.25, 0.3) is 0 Å². The van der Waals surface area contributed by atoms with Crippen molar-refractivity contribution in [2.45, 2.75) is 44.3 Å². The molecule has 0 bridgehead atoms. The van der Waals surface area contributed by atoms with Gasteiger partial charge in [-0.25, -0.2) is 4.99 Å². The third-order valence-electron chi connectivity index (χ3n) is 6.46. The monoisotopic (exact) mass is 439 g/mol. The molecule has 31 heavy (non-hydrogen) atoms. The first-order chi connectivity index (χ1) is 14.8. The highest BCUT2D eigenvalue weighted by Gasteiger charge is 2.40. The fourth-order valence-corrected chi connectivity index (χ4v) is 4.91. The van der Waals surface area contributed by atoms with Gasteiger partial charge in [0.2, 0.25) is 0 Å². The van der Waals surface area contributed by atoms with Gasteiger partial charge in [0.15, 0.2) is 0 Å². The number of hydrazine groups is 1. The number of rotatable bonds is 5. The summed E-state index contributed by atoms with van der Waals surface area (Å²) in [4.78, 5) is 20.7. The predicted octanol–water partition coefficient (Wildman–Crippen LogP) is 1.97. The number of hydrogen-bond acceptors (Lipinski definition) is 6. The van der Waals surface area contributed by atoms with Crippen LogP contribution in [-0.2, 0) is 4.79 Å². The summed E-state index contributed by atoms with van der Waals surface area (Å²) in [5.41, 5.74) is 5.80. The minimum atomic E-state index is -4.82. The molecule has 2 aliphatic heterocycles. The van der Waals surface area contributed by atoms with Crippen LogP contribution >= 0.6 is 0 Å². The number of aromatic amines is 1. The normalized spacial score (nSPS) is 28.1. The number of alkyl halides is 3. The highest BCUT2D eigenvalue weighted by Crippen LogP contribution is 2.37. The maximum absolute atomic E-state index is 12.4. The van der Waals surface area contributed by atoms with E-state index in [-0.39, 0.29) is 0 Å². The summed E-state index contributed by atoms with van der Waals surface area (Å²) in [5.74, 6) is 5.63. The summed E-state index contributed by atoms with van der Waals surface area (Å²) in [6.45, 7) is 2.03. The highest BCUT2D eigenvalue weighted by molar-refractivity contribution is 5.87. The number of hydrogen-bond donors (Lipinski definition) is 5. The lowest BCUT2D eigenvalue weighted by Gasteiger charge is -2.33. The Morgan fingerprint density at radius 2 is 2.03 bits per heavy atom. The molecule has 1 aromatic rings. The van der Waals surface area contributed by atoms with Gasteiger partial charge in [-0.15, -0.1) is 0 Å². The summed E-state index contributed by atoms with van der Waals surface area (Å²) in [5, 5.41) is 5.32. The van der Waals surface area contributed by atoms with Crippen molar-refractivity contribution in [1.29, 1.82) is 0 Å². The Morgan fingerprint density at radius 1 is 1.26 bits per heavy atom. The summed E-state index contributed by atoms with van der Waals surface area (Å²) < 4.78 is 37.3. The van der Waals surface area contributed by atoms with Gasteiger partial charge in [-0.05, 0) is 44.1 Å². The Morgan fingerprint density at radius 3 is 2.74 bits per heavy atom. The molecule has 8 nitrogen and oxygen atoms in total. The number of halogens is 3. The zero-order valence-corrected chi connectivity index (χ0v) is 17.1. The van der Waals surface area contributed by atoms with Gasteiger partial charge in [0, 0.05) is 43.4 Å². The lowest BCUT2D eigenvalue weighted by atomic mass is 9.79. The third-order valence-corrected chi connectivity index (χ3v) is 6.46. The number of nitrogens with one attached hydrogen (secondary N) is 4. The van der Waals surface area contributed by atoms with E-state index in [1.807, 2.05) is 12.3 Å². The summed E-state index contributed by atoms with van der Waals surface area (Å²) in [6, 6.07) is 1.54. The SMILES string of the molecule is NN/C(=C1\NC=Nc2[nH]ccc21)C1CCC(CN2CC[C@H](NC(=O)C(F)(F)F)C2)CC1. The smallest absolute Gasteiger partial charge is 0.346 e. The largest absolute Gasteiger partial charge is 0.471 e. The van der Waals surface area contributed by atoms with Crippen molar-refractivity contribution in [2.24, 2.45) is 22.7 Å². The number of H-pyrrole nitrogens is 1. The van der Waals surface area contributed by atoms with Crippen LogP contribution in [0, 0.1) is 11.8 Å². The minimum Gasteiger partial charge on any atom is -0.346 e. The van der Waals surface area contributed by atoms with Gasteiger partial charge < -0.3 is 25.9 Å². The minimum absolute atomic E-state index is 0.301. The van der Waals surface area contributed by atoms with Crippen LogP contribution in [0.2, 0.25) is 0 Å². The van der Waals surface area contributed by atoms with Gasteiger partial charge in [-0.2, -0.15) is 13.2 Å². The molecule has 1 aliphatic carbocycles. The Kier molecular flexibility index (Phi) is 6.24. The van der Waals surface area contributed by atoms with E-state index in [1.165, 1.54) is 0 Å². The number of fused-ring (bicyclic) bond motifs is 1. The lowest BCUT2D eigenvalue weighted by molar-refractivity contribution is -0.174. The Bertz CT molecular complexity index is 855. The molecule has 4 rings (SSSR count). The van der Waals surface area contributed by atoms with E-state index in [9.17, 15) is 18.0 Å². The Labute approximate surface area is 178 Å². The van der Waals surface area contributed by atoms with Gasteiger partial charge in [0.1, 0.15) is 5.82 Å². The molecule has 1 saturated heterocycles. The lowest BCUT2D eigenvalue weighted by Crippen LogP contribution is -2.44. The highest BCUT2D eigenvalue weighted by atomic mass is 19.4. The van der Waals surface area contributed by atoms with E-state index >= 15 is 0 Å². The number of carbonyl (C=O) groups excluding carboxylic acids is 1. The first-order valence-corrected chi connectivity index (χ1v) is 10.6. The summed E-state index contributed by atoms with van der Waals surface area (Å²) in [7, 11) is 0. The second-order valence-corrected chi connectivity index (χ2v) is 8.51. The van der Waals surface area contributed by atoms with E-state index in [0.29, 0.717) is 31.3 Å². The van der Waals surface area contributed by atoms with Crippen molar-refractivity contribution >= 4 is 23.8 Å². The van der Waals surface area contributed by atoms with Crippen LogP contribution in [0.15, 0.2) is 23.0 Å². The third kappa shape index (κ3) is 4.87. The van der Waals surface area contributed by atoms with E-state index in [1.54, 1.807) is 6.34 Å². The average molecular weight is 439 g/mol. The first-order valence-electron chi connectivity index (χ1n) is 10.6. The maximum Gasteiger partial charge on any atom is 0.471 e. The van der Waals surface area contributed by atoms with Crippen LogP contribution in [0.1, 0.15) is 37.7 Å². The van der Waals surface area contributed by atoms with E-state index in [4.69, 9.17) is 5.84 Å². The van der Waals surface area contributed by atoms with E-state index in [2.05, 4.69) is 30.9 Å². The standard InChI is InChI=1S/C20H28F3N7O/c21-20(22,23)19(31)28-14-6-8-30(10-14)9-12-1-3-13(4-2-12)16(29-24)17-15-5-7-25-18(15)27-11-26-17/h5,7,11-14,25,29H,1-4,6,8-10,24H2,(H,26,27)(H,28,31)/b17-16-/t12?,13?,14-/m0/s1. The zero-order valence-electron chi connectivity index (χ0n) is 17.1. The average Bonchev–Trinajstić information content (AvgIpc) is 3.39. The second-order valence-electron chi connectivity index (χ2n) is 8.51. The van der Waals surface area contributed by atoms with Gasteiger partial charge >= 0.3 is 12.1 Å². The van der Waals surface area contributed by atoms with Crippen molar-refractivity contribution in [3.8, 4) is 0 Å². The topological polar surface area (TPSA) is 111 Å². The molecule has 170 valence electrons. The van der Waals surface area contributed by atoms with Gasteiger partial charge in [0.05, 0.1) is 17.7 Å². The number of allylic oxidation sites excluding steroid dienone is 1. The predicted molar refractivity (Wildman–Crippen MR) is 111 cm³/mol. The molecule has 6 N–H and O–H groups in total. The zero-order chi connectivity index (χ0) is 22.0. The fourth-order valence-electron chi connectivity index (χ4n) is 4.91. The molecule has 0 aromatic carbocycles. The number of aliphatic imine (C=N–C) groups is 1. The fraction of sp³-hybridized carbons (Fsp3) is 0.600. The molecule has 1 amide bonds.